The van der Waals surface area contributed by atoms with Crippen LogP contribution in [0.2, 0.25) is 0 Å². The summed E-state index contributed by atoms with van der Waals surface area (Å²) in [5.41, 5.74) is 2.15. The molecule has 0 saturated carbocycles. The van der Waals surface area contributed by atoms with Gasteiger partial charge < -0.3 is 14.9 Å². The summed E-state index contributed by atoms with van der Waals surface area (Å²) < 4.78 is 4.82. The minimum atomic E-state index is -0.946. The molecule has 0 bridgehead atoms. The van der Waals surface area contributed by atoms with Crippen molar-refractivity contribution in [1.82, 2.24) is 10.5 Å². The topological polar surface area (TPSA) is 92.4 Å². The van der Waals surface area contributed by atoms with Crippen molar-refractivity contribution in [3.63, 3.8) is 0 Å². The Kier molecular flexibility index (Phi) is 4.93. The van der Waals surface area contributed by atoms with Crippen molar-refractivity contribution in [2.75, 3.05) is 6.54 Å². The first-order valence-electron chi connectivity index (χ1n) is 6.95. The van der Waals surface area contributed by atoms with Crippen molar-refractivity contribution in [2.24, 2.45) is 5.92 Å². The van der Waals surface area contributed by atoms with Crippen molar-refractivity contribution >= 4 is 11.9 Å². The molecule has 0 fully saturated rings. The van der Waals surface area contributed by atoms with Crippen LogP contribution in [0.25, 0.3) is 0 Å². The number of carbonyl (C=O) groups excluding carboxylic acids is 1. The first-order chi connectivity index (χ1) is 10.5. The van der Waals surface area contributed by atoms with E-state index in [9.17, 15) is 14.7 Å². The summed E-state index contributed by atoms with van der Waals surface area (Å²) in [6.07, 6.45) is 0.356. The second kappa shape index (κ2) is 6.89. The molecule has 22 heavy (non-hydrogen) atoms. The molecule has 1 aromatic carbocycles. The van der Waals surface area contributed by atoms with Crippen molar-refractivity contribution in [3.8, 4) is 0 Å². The molecule has 0 aliphatic heterocycles. The number of aliphatic carboxylic acids is 1. The number of aryl methyl sites for hydroxylation is 2. The molecular weight excluding hydrogens is 284 g/mol. The Bertz CT molecular complexity index is 678. The van der Waals surface area contributed by atoms with E-state index in [-0.39, 0.29) is 12.2 Å². The number of rotatable bonds is 6. The van der Waals surface area contributed by atoms with Crippen molar-refractivity contribution in [1.29, 1.82) is 0 Å². The largest absolute Gasteiger partial charge is 0.481 e. The van der Waals surface area contributed by atoms with Gasteiger partial charge in [0.2, 0.25) is 0 Å². The van der Waals surface area contributed by atoms with Gasteiger partial charge >= 0.3 is 5.97 Å². The number of nitrogens with one attached hydrogen (secondary N) is 1. The Hall–Kier alpha value is -2.63. The van der Waals surface area contributed by atoms with Gasteiger partial charge in [-0.25, -0.2) is 0 Å². The number of carboxylic acids is 1. The Morgan fingerprint density at radius 3 is 2.68 bits per heavy atom. The van der Waals surface area contributed by atoms with E-state index in [4.69, 9.17) is 4.52 Å². The lowest BCUT2D eigenvalue weighted by Gasteiger charge is -2.13. The van der Waals surface area contributed by atoms with Gasteiger partial charge in [0, 0.05) is 12.6 Å². The smallest absolute Gasteiger partial charge is 0.308 e. The maximum atomic E-state index is 11.9. The number of carbonyl (C=O) groups is 2. The maximum Gasteiger partial charge on any atom is 0.308 e. The number of amides is 1. The van der Waals surface area contributed by atoms with Crippen molar-refractivity contribution in [2.45, 2.75) is 20.3 Å². The quantitative estimate of drug-likeness (QED) is 0.851. The lowest BCUT2D eigenvalue weighted by molar-refractivity contribution is -0.141. The molecule has 0 spiro atoms. The molecule has 2 N–H and O–H groups in total. The van der Waals surface area contributed by atoms with Crippen LogP contribution in [0.5, 0.6) is 0 Å². The first-order valence-corrected chi connectivity index (χ1v) is 6.95. The van der Waals surface area contributed by atoms with Crippen LogP contribution < -0.4 is 5.32 Å². The highest BCUT2D eigenvalue weighted by Crippen LogP contribution is 2.11. The van der Waals surface area contributed by atoms with E-state index in [1.807, 2.05) is 31.2 Å². The molecule has 6 heteroatoms. The lowest BCUT2D eigenvalue weighted by atomic mass is 9.98. The van der Waals surface area contributed by atoms with Gasteiger partial charge in [0.25, 0.3) is 5.91 Å². The van der Waals surface area contributed by atoms with Gasteiger partial charge in [0.15, 0.2) is 5.69 Å². The molecule has 6 nitrogen and oxygen atoms in total. The molecule has 0 radical (unpaired) electrons. The third-order valence-electron chi connectivity index (χ3n) is 3.28. The van der Waals surface area contributed by atoms with Gasteiger partial charge in [-0.3, -0.25) is 9.59 Å². The predicted molar refractivity (Wildman–Crippen MR) is 79.6 cm³/mol. The Labute approximate surface area is 128 Å². The van der Waals surface area contributed by atoms with Crippen LogP contribution >= 0.6 is 0 Å². The minimum Gasteiger partial charge on any atom is -0.481 e. The summed E-state index contributed by atoms with van der Waals surface area (Å²) in [6.45, 7) is 3.67. The van der Waals surface area contributed by atoms with E-state index < -0.39 is 17.8 Å². The van der Waals surface area contributed by atoms with Gasteiger partial charge in [-0.2, -0.15) is 0 Å². The van der Waals surface area contributed by atoms with Crippen LogP contribution in [0, 0.1) is 19.8 Å². The fraction of sp³-hybridized carbons (Fsp3) is 0.312. The van der Waals surface area contributed by atoms with E-state index in [1.54, 1.807) is 6.92 Å². The highest BCUT2D eigenvalue weighted by atomic mass is 16.5. The summed E-state index contributed by atoms with van der Waals surface area (Å²) in [6, 6.07) is 9.17. The zero-order valence-corrected chi connectivity index (χ0v) is 12.5. The summed E-state index contributed by atoms with van der Waals surface area (Å²) in [5.74, 6) is -1.55. The highest BCUT2D eigenvalue weighted by Gasteiger charge is 2.20. The number of benzene rings is 1. The highest BCUT2D eigenvalue weighted by molar-refractivity contribution is 5.92. The van der Waals surface area contributed by atoms with E-state index in [2.05, 4.69) is 10.5 Å². The predicted octanol–water partition coefficient (Wildman–Crippen LogP) is 1.96. The van der Waals surface area contributed by atoms with E-state index in [0.717, 1.165) is 11.1 Å². The van der Waals surface area contributed by atoms with Gasteiger partial charge in [0.05, 0.1) is 5.92 Å². The molecule has 1 atom stereocenters. The van der Waals surface area contributed by atoms with Crippen molar-refractivity contribution in [3.05, 3.63) is 52.9 Å². The van der Waals surface area contributed by atoms with Crippen LogP contribution in [0.1, 0.15) is 27.4 Å². The van der Waals surface area contributed by atoms with Gasteiger partial charge in [-0.05, 0) is 25.8 Å². The molecule has 1 unspecified atom stereocenters. The lowest BCUT2D eigenvalue weighted by Crippen LogP contribution is -2.34. The number of carboxylic acid groups (broad SMARTS) is 1. The molecule has 2 rings (SSSR count). The fourth-order valence-electron chi connectivity index (χ4n) is 2.15. The second-order valence-corrected chi connectivity index (χ2v) is 5.26. The molecule has 0 saturated heterocycles. The summed E-state index contributed by atoms with van der Waals surface area (Å²) in [7, 11) is 0. The van der Waals surface area contributed by atoms with Crippen molar-refractivity contribution < 1.29 is 19.2 Å². The zero-order chi connectivity index (χ0) is 16.1. The number of aromatic nitrogens is 1. The third kappa shape index (κ3) is 4.18. The van der Waals surface area contributed by atoms with Gasteiger partial charge in [-0.1, -0.05) is 35.0 Å². The van der Waals surface area contributed by atoms with E-state index >= 15 is 0 Å². The molecule has 2 aromatic rings. The van der Waals surface area contributed by atoms with Crippen LogP contribution in [0.4, 0.5) is 0 Å². The van der Waals surface area contributed by atoms with E-state index in [1.165, 1.54) is 6.07 Å². The monoisotopic (exact) mass is 302 g/mol. The average Bonchev–Trinajstić information content (AvgIpc) is 2.89. The standard InChI is InChI=1S/C16H18N2O4/c1-10-4-3-5-12(6-10)8-13(16(20)21)9-17-15(19)14-7-11(2)22-18-14/h3-7,13H,8-9H2,1-2H3,(H,17,19)(H,20,21). The van der Waals surface area contributed by atoms with Crippen LogP contribution in [-0.2, 0) is 11.2 Å². The minimum absolute atomic E-state index is 0.0357. The summed E-state index contributed by atoms with van der Waals surface area (Å²) in [5, 5.41) is 15.5. The van der Waals surface area contributed by atoms with Gasteiger partial charge in [0.1, 0.15) is 5.76 Å². The molecule has 1 amide bonds. The fourth-order valence-corrected chi connectivity index (χ4v) is 2.15. The Balaban J connectivity index is 1.97. The van der Waals surface area contributed by atoms with Crippen LogP contribution in [-0.4, -0.2) is 28.7 Å². The molecule has 116 valence electrons. The molecular formula is C16H18N2O4. The third-order valence-corrected chi connectivity index (χ3v) is 3.28. The van der Waals surface area contributed by atoms with Crippen LogP contribution in [0.3, 0.4) is 0 Å². The maximum absolute atomic E-state index is 11.9. The SMILES string of the molecule is Cc1cccc(CC(CNC(=O)c2cc(C)on2)C(=O)O)c1. The van der Waals surface area contributed by atoms with E-state index in [0.29, 0.717) is 12.2 Å². The molecule has 0 aliphatic carbocycles. The first kappa shape index (κ1) is 15.8. The summed E-state index contributed by atoms with van der Waals surface area (Å²) >= 11 is 0. The Morgan fingerprint density at radius 1 is 1.32 bits per heavy atom. The van der Waals surface area contributed by atoms with Crippen LogP contribution in [0.15, 0.2) is 34.9 Å². The Morgan fingerprint density at radius 2 is 2.09 bits per heavy atom. The normalized spacial score (nSPS) is 11.9. The zero-order valence-electron chi connectivity index (χ0n) is 12.5. The average molecular weight is 302 g/mol. The molecule has 1 aromatic heterocycles. The second-order valence-electron chi connectivity index (χ2n) is 5.26. The molecule has 0 aliphatic rings. The molecule has 1 heterocycles. The summed E-state index contributed by atoms with van der Waals surface area (Å²) in [4.78, 5) is 23.2. The number of nitrogens with zero attached hydrogens (tertiary/aromatic N) is 1. The number of hydrogen-bond acceptors (Lipinski definition) is 4. The number of hydrogen-bond donors (Lipinski definition) is 2. The van der Waals surface area contributed by atoms with Gasteiger partial charge in [-0.15, -0.1) is 0 Å².